The highest BCUT2D eigenvalue weighted by molar-refractivity contribution is 7.88. The summed E-state index contributed by atoms with van der Waals surface area (Å²) in [5, 5.41) is 8.37. The van der Waals surface area contributed by atoms with Crippen LogP contribution in [0.3, 0.4) is 0 Å². The number of nitrogens with zero attached hydrogens (tertiary/aromatic N) is 5. The highest BCUT2D eigenvalue weighted by Crippen LogP contribution is 2.39. The van der Waals surface area contributed by atoms with Crippen LogP contribution in [0.1, 0.15) is 36.9 Å². The quantitative estimate of drug-likeness (QED) is 0.748. The first kappa shape index (κ1) is 15.4. The molecule has 2 aliphatic rings. The number of aromatic nitrogens is 3. The Bertz CT molecular complexity index is 667. The maximum Gasteiger partial charge on any atom is 0.237 e. The smallest absolute Gasteiger partial charge is 0.237 e. The van der Waals surface area contributed by atoms with E-state index in [2.05, 4.69) is 10.3 Å². The summed E-state index contributed by atoms with van der Waals surface area (Å²) in [5.74, 6) is 0.397. The highest BCUT2D eigenvalue weighted by atomic mass is 32.2. The first-order valence-electron chi connectivity index (χ1n) is 7.45. The second-order valence-corrected chi connectivity index (χ2v) is 8.29. The summed E-state index contributed by atoms with van der Waals surface area (Å²) in [6.07, 6.45) is 6.28. The number of carbonyl (C=O) groups is 1. The molecule has 0 spiro atoms. The van der Waals surface area contributed by atoms with Crippen molar-refractivity contribution in [3.63, 3.8) is 0 Å². The molecular weight excluding hydrogens is 306 g/mol. The number of hydrogen-bond acceptors (Lipinski definition) is 5. The molecule has 0 aromatic carbocycles. The Morgan fingerprint density at radius 2 is 2.14 bits per heavy atom. The standard InChI is InChI=1S/C13H21N5O3S/c1-16(22(2,20)21)9-13(19)17-6-5-11(7-17)18-8-12(14-15-18)10-3-4-10/h8,10-11H,3-7,9H2,1-2H3. The molecule has 1 aromatic heterocycles. The second-order valence-electron chi connectivity index (χ2n) is 6.20. The van der Waals surface area contributed by atoms with Crippen LogP contribution in [-0.4, -0.2) is 71.5 Å². The van der Waals surface area contributed by atoms with Crippen LogP contribution in [-0.2, 0) is 14.8 Å². The van der Waals surface area contributed by atoms with Crippen molar-refractivity contribution in [3.8, 4) is 0 Å². The molecule has 1 unspecified atom stereocenters. The van der Waals surface area contributed by atoms with Gasteiger partial charge in [-0.1, -0.05) is 5.21 Å². The van der Waals surface area contributed by atoms with Crippen LogP contribution in [0.15, 0.2) is 6.20 Å². The fraction of sp³-hybridized carbons (Fsp3) is 0.769. The van der Waals surface area contributed by atoms with Gasteiger partial charge in [0.1, 0.15) is 0 Å². The van der Waals surface area contributed by atoms with Gasteiger partial charge in [-0.2, -0.15) is 4.31 Å². The van der Waals surface area contributed by atoms with Gasteiger partial charge >= 0.3 is 0 Å². The van der Waals surface area contributed by atoms with E-state index in [1.165, 1.54) is 19.9 Å². The van der Waals surface area contributed by atoms with Gasteiger partial charge in [0.05, 0.1) is 24.5 Å². The van der Waals surface area contributed by atoms with Crippen LogP contribution < -0.4 is 0 Å². The van der Waals surface area contributed by atoms with Gasteiger partial charge < -0.3 is 4.90 Å². The first-order chi connectivity index (χ1) is 10.3. The van der Waals surface area contributed by atoms with Gasteiger partial charge in [0, 0.05) is 32.3 Å². The van der Waals surface area contributed by atoms with Crippen LogP contribution in [0.5, 0.6) is 0 Å². The van der Waals surface area contributed by atoms with E-state index in [9.17, 15) is 13.2 Å². The Balaban J connectivity index is 1.58. The van der Waals surface area contributed by atoms with Gasteiger partial charge in [0.15, 0.2) is 0 Å². The zero-order valence-electron chi connectivity index (χ0n) is 12.8. The lowest BCUT2D eigenvalue weighted by Crippen LogP contribution is -2.39. The van der Waals surface area contributed by atoms with E-state index in [0.29, 0.717) is 19.0 Å². The zero-order chi connectivity index (χ0) is 15.9. The minimum atomic E-state index is -3.33. The van der Waals surface area contributed by atoms with Crippen molar-refractivity contribution in [1.82, 2.24) is 24.2 Å². The largest absolute Gasteiger partial charge is 0.339 e. The predicted octanol–water partition coefficient (Wildman–Crippen LogP) is -0.180. The lowest BCUT2D eigenvalue weighted by Gasteiger charge is -2.20. The van der Waals surface area contributed by atoms with E-state index in [-0.39, 0.29) is 18.5 Å². The van der Waals surface area contributed by atoms with E-state index < -0.39 is 10.0 Å². The molecular formula is C13H21N5O3S. The normalized spacial score (nSPS) is 22.5. The number of sulfonamides is 1. The second kappa shape index (κ2) is 5.62. The molecule has 2 fully saturated rings. The third kappa shape index (κ3) is 3.30. The molecule has 122 valence electrons. The molecule has 0 N–H and O–H groups in total. The summed E-state index contributed by atoms with van der Waals surface area (Å²) >= 11 is 0. The number of hydrogen-bond donors (Lipinski definition) is 0. The average molecular weight is 327 g/mol. The zero-order valence-corrected chi connectivity index (χ0v) is 13.7. The van der Waals surface area contributed by atoms with Crippen molar-refractivity contribution >= 4 is 15.9 Å². The summed E-state index contributed by atoms with van der Waals surface area (Å²) in [6, 6.07) is 0.132. The van der Waals surface area contributed by atoms with Crippen molar-refractivity contribution in [3.05, 3.63) is 11.9 Å². The Labute approximate surface area is 130 Å². The average Bonchev–Trinajstić information content (AvgIpc) is 2.99. The van der Waals surface area contributed by atoms with Gasteiger partial charge in [0.25, 0.3) is 0 Å². The Morgan fingerprint density at radius 3 is 2.77 bits per heavy atom. The molecule has 1 aromatic rings. The first-order valence-corrected chi connectivity index (χ1v) is 9.30. The van der Waals surface area contributed by atoms with Gasteiger partial charge in [-0.3, -0.25) is 4.79 Å². The lowest BCUT2D eigenvalue weighted by atomic mass is 10.2. The molecule has 0 radical (unpaired) electrons. The fourth-order valence-corrected chi connectivity index (χ4v) is 2.97. The van der Waals surface area contributed by atoms with Crippen LogP contribution in [0.4, 0.5) is 0 Å². The molecule has 1 aliphatic heterocycles. The molecule has 2 heterocycles. The van der Waals surface area contributed by atoms with Crippen LogP contribution in [0.2, 0.25) is 0 Å². The van der Waals surface area contributed by atoms with Gasteiger partial charge in [-0.15, -0.1) is 5.10 Å². The monoisotopic (exact) mass is 327 g/mol. The predicted molar refractivity (Wildman–Crippen MR) is 79.7 cm³/mol. The van der Waals surface area contributed by atoms with Crippen molar-refractivity contribution in [2.24, 2.45) is 0 Å². The van der Waals surface area contributed by atoms with Crippen LogP contribution in [0, 0.1) is 0 Å². The van der Waals surface area contributed by atoms with E-state index in [1.807, 2.05) is 10.9 Å². The van der Waals surface area contributed by atoms with Gasteiger partial charge in [-0.25, -0.2) is 13.1 Å². The van der Waals surface area contributed by atoms with E-state index in [0.717, 1.165) is 22.7 Å². The lowest BCUT2D eigenvalue weighted by molar-refractivity contribution is -0.130. The maximum atomic E-state index is 12.2. The number of rotatable bonds is 5. The molecule has 0 bridgehead atoms. The third-order valence-corrected chi connectivity index (χ3v) is 5.60. The molecule has 1 atom stereocenters. The number of likely N-dealkylation sites (N-methyl/N-ethyl adjacent to an activating group) is 1. The molecule has 1 saturated carbocycles. The summed E-state index contributed by atoms with van der Waals surface area (Å²) in [4.78, 5) is 13.9. The molecule has 22 heavy (non-hydrogen) atoms. The van der Waals surface area contributed by atoms with Crippen LogP contribution in [0.25, 0.3) is 0 Å². The van der Waals surface area contributed by atoms with Crippen molar-refractivity contribution in [2.75, 3.05) is 32.9 Å². The Morgan fingerprint density at radius 1 is 1.41 bits per heavy atom. The van der Waals surface area contributed by atoms with Crippen molar-refractivity contribution in [1.29, 1.82) is 0 Å². The fourth-order valence-electron chi connectivity index (χ4n) is 2.63. The molecule has 1 amide bonds. The van der Waals surface area contributed by atoms with Crippen molar-refractivity contribution < 1.29 is 13.2 Å². The number of likely N-dealkylation sites (tertiary alicyclic amines) is 1. The van der Waals surface area contributed by atoms with E-state index >= 15 is 0 Å². The molecule has 8 nitrogen and oxygen atoms in total. The molecule has 1 aliphatic carbocycles. The molecule has 1 saturated heterocycles. The molecule has 3 rings (SSSR count). The number of amides is 1. The van der Waals surface area contributed by atoms with Gasteiger partial charge in [0.2, 0.25) is 15.9 Å². The molecule has 9 heteroatoms. The third-order valence-electron chi connectivity index (χ3n) is 4.34. The minimum absolute atomic E-state index is 0.115. The summed E-state index contributed by atoms with van der Waals surface area (Å²) in [6.45, 7) is 1.07. The minimum Gasteiger partial charge on any atom is -0.339 e. The Kier molecular flexibility index (Phi) is 3.94. The summed E-state index contributed by atoms with van der Waals surface area (Å²) in [7, 11) is -1.92. The van der Waals surface area contributed by atoms with Crippen molar-refractivity contribution in [2.45, 2.75) is 31.2 Å². The Hall–Kier alpha value is -1.48. The maximum absolute atomic E-state index is 12.2. The van der Waals surface area contributed by atoms with E-state index in [4.69, 9.17) is 0 Å². The SMILES string of the molecule is CN(CC(=O)N1CCC(n2cc(C3CC3)nn2)C1)S(C)(=O)=O. The summed E-state index contributed by atoms with van der Waals surface area (Å²) < 4.78 is 25.7. The topological polar surface area (TPSA) is 88.4 Å². The van der Waals surface area contributed by atoms with Crippen LogP contribution >= 0.6 is 0 Å². The highest BCUT2D eigenvalue weighted by Gasteiger charge is 2.31. The number of carbonyl (C=O) groups excluding carboxylic acids is 1. The van der Waals surface area contributed by atoms with Gasteiger partial charge in [-0.05, 0) is 19.3 Å². The summed E-state index contributed by atoms with van der Waals surface area (Å²) in [5.41, 5.74) is 1.04. The van der Waals surface area contributed by atoms with E-state index in [1.54, 1.807) is 4.90 Å².